The molecule has 3 aromatic heterocycles. The number of nitrogens with one attached hydrogen (secondary N) is 1. The second kappa shape index (κ2) is 12.9. The first-order valence-corrected chi connectivity index (χ1v) is 15.9. The van der Waals surface area contributed by atoms with Crippen LogP contribution in [-0.2, 0) is 12.7 Å². The van der Waals surface area contributed by atoms with E-state index >= 15 is 0 Å². The summed E-state index contributed by atoms with van der Waals surface area (Å²) in [7, 11) is 4.30. The van der Waals surface area contributed by atoms with Crippen LogP contribution in [0.4, 0.5) is 23.7 Å². The number of carbonyl (C=O) groups is 1. The first kappa shape index (κ1) is 33.5. The largest absolute Gasteiger partial charge is 0.416 e. The Morgan fingerprint density at radius 2 is 1.76 bits per heavy atom. The van der Waals surface area contributed by atoms with Crippen molar-refractivity contribution in [3.8, 4) is 22.8 Å². The number of aryl methyl sites for hydroxylation is 1. The highest BCUT2D eigenvalue weighted by Gasteiger charge is 2.36. The van der Waals surface area contributed by atoms with E-state index in [1.807, 2.05) is 13.0 Å². The molecule has 254 valence electrons. The molecule has 14 heteroatoms. The molecular weight excluding hydrogens is 637 g/mol. The fourth-order valence-electron chi connectivity index (χ4n) is 6.77. The van der Waals surface area contributed by atoms with Gasteiger partial charge in [-0.2, -0.15) is 18.3 Å². The Balaban J connectivity index is 1.34. The highest BCUT2D eigenvalue weighted by Crippen LogP contribution is 2.33. The van der Waals surface area contributed by atoms with Crippen LogP contribution < -0.4 is 11.0 Å². The number of carbonyl (C=O) groups excluding carboxylic acids is 1. The molecular formula is C35H36F3N8O3+. The molecule has 0 spiro atoms. The average molecular weight is 674 g/mol. The third-order valence-corrected chi connectivity index (χ3v) is 9.29. The van der Waals surface area contributed by atoms with E-state index in [1.54, 1.807) is 37.3 Å². The number of hydrogen-bond donors (Lipinski definition) is 1. The minimum absolute atomic E-state index is 0.0274. The molecule has 2 aromatic carbocycles. The van der Waals surface area contributed by atoms with Crippen molar-refractivity contribution in [3.05, 3.63) is 111 Å². The highest BCUT2D eigenvalue weighted by molar-refractivity contribution is 5.83. The lowest BCUT2D eigenvalue weighted by atomic mass is 9.89. The van der Waals surface area contributed by atoms with Crippen molar-refractivity contribution in [1.82, 2.24) is 29.4 Å². The van der Waals surface area contributed by atoms with Crippen LogP contribution in [-0.4, -0.2) is 60.8 Å². The Bertz CT molecular complexity index is 2090. The molecule has 0 aliphatic heterocycles. The highest BCUT2D eigenvalue weighted by atomic mass is 19.4. The van der Waals surface area contributed by atoms with Gasteiger partial charge in [0.05, 0.1) is 61.2 Å². The lowest BCUT2D eigenvalue weighted by Crippen LogP contribution is -2.52. The Morgan fingerprint density at radius 3 is 2.39 bits per heavy atom. The lowest BCUT2D eigenvalue weighted by Gasteiger charge is -2.41. The van der Waals surface area contributed by atoms with Crippen molar-refractivity contribution in [1.29, 1.82) is 0 Å². The second-order valence-corrected chi connectivity index (χ2v) is 13.0. The minimum atomic E-state index is -4.63. The smallest absolute Gasteiger partial charge is 0.361 e. The number of amides is 1. The summed E-state index contributed by atoms with van der Waals surface area (Å²) in [6.45, 7) is 11.4. The number of imidazole rings is 1. The summed E-state index contributed by atoms with van der Waals surface area (Å²) in [5.41, 5.74) is 0.922. The summed E-state index contributed by atoms with van der Waals surface area (Å²) < 4.78 is 50.6. The van der Waals surface area contributed by atoms with Crippen LogP contribution in [0.1, 0.15) is 48.4 Å². The van der Waals surface area contributed by atoms with Gasteiger partial charge < -0.3 is 14.3 Å². The molecule has 1 N–H and O–H groups in total. The molecule has 0 radical (unpaired) electrons. The fourth-order valence-corrected chi connectivity index (χ4v) is 6.77. The molecule has 1 aliphatic carbocycles. The van der Waals surface area contributed by atoms with E-state index in [9.17, 15) is 22.8 Å². The van der Waals surface area contributed by atoms with Gasteiger partial charge in [-0.3, -0.25) is 4.57 Å². The summed E-state index contributed by atoms with van der Waals surface area (Å²) in [5.74, 6) is 0.759. The Hall–Kier alpha value is -5.42. The van der Waals surface area contributed by atoms with Crippen LogP contribution in [0.25, 0.3) is 27.6 Å². The molecule has 11 nitrogen and oxygen atoms in total. The van der Waals surface area contributed by atoms with Gasteiger partial charge in [0.15, 0.2) is 5.69 Å². The van der Waals surface area contributed by atoms with Crippen molar-refractivity contribution < 1.29 is 27.0 Å². The maximum atomic E-state index is 14.1. The topological polar surface area (TPSA) is 104 Å². The Kier molecular flexibility index (Phi) is 8.81. The molecule has 0 atom stereocenters. The first-order chi connectivity index (χ1) is 23.3. The quantitative estimate of drug-likeness (QED) is 0.151. The van der Waals surface area contributed by atoms with Crippen molar-refractivity contribution >= 4 is 11.7 Å². The number of rotatable bonds is 7. The van der Waals surface area contributed by atoms with E-state index in [1.165, 1.54) is 23.0 Å². The van der Waals surface area contributed by atoms with Gasteiger partial charge in [-0.25, -0.2) is 23.7 Å². The summed E-state index contributed by atoms with van der Waals surface area (Å²) in [6, 6.07) is 14.1. The van der Waals surface area contributed by atoms with E-state index in [-0.39, 0.29) is 23.1 Å². The van der Waals surface area contributed by atoms with Crippen LogP contribution >= 0.6 is 0 Å². The zero-order valence-electron chi connectivity index (χ0n) is 27.5. The standard InChI is InChI=1S/C35H35F3N8O3/c1-22-19-27(42-49-22)21-46(4,5)30-15-11-26(12-16-30)41-33(47)44-32(31-17-18-40-45(31)28-13-9-25(39-3)10-14-28)23(2)43(34(44)48)29-8-6-7-24(20-29)35(36,37)38/h6-10,13-14,17-20,26,30H,11-12,15-16,21H2,1-2,4-5H3/p+1. The van der Waals surface area contributed by atoms with Crippen molar-refractivity contribution in [3.63, 3.8) is 0 Å². The maximum absolute atomic E-state index is 14.1. The zero-order valence-corrected chi connectivity index (χ0v) is 27.5. The normalized spacial score (nSPS) is 16.8. The van der Waals surface area contributed by atoms with Crippen molar-refractivity contribution in [2.24, 2.45) is 0 Å². The number of quaternary nitrogens is 1. The third kappa shape index (κ3) is 6.66. The first-order valence-electron chi connectivity index (χ1n) is 15.9. The van der Waals surface area contributed by atoms with Crippen molar-refractivity contribution in [2.45, 2.75) is 64.3 Å². The molecule has 6 rings (SSSR count). The van der Waals surface area contributed by atoms with Crippen LogP contribution in [0.5, 0.6) is 0 Å². The van der Waals surface area contributed by atoms with Gasteiger partial charge in [0.1, 0.15) is 23.7 Å². The van der Waals surface area contributed by atoms with Gasteiger partial charge >= 0.3 is 17.9 Å². The number of benzene rings is 2. The molecule has 1 aliphatic rings. The number of hydrogen-bond acceptors (Lipinski definition) is 5. The molecule has 3 heterocycles. The van der Waals surface area contributed by atoms with E-state index < -0.39 is 23.5 Å². The van der Waals surface area contributed by atoms with E-state index in [0.717, 1.165) is 45.6 Å². The van der Waals surface area contributed by atoms with Crippen LogP contribution in [0.3, 0.4) is 0 Å². The van der Waals surface area contributed by atoms with Gasteiger partial charge in [0.25, 0.3) is 0 Å². The molecule has 0 saturated heterocycles. The predicted molar refractivity (Wildman–Crippen MR) is 176 cm³/mol. The molecule has 0 unspecified atom stereocenters. The van der Waals surface area contributed by atoms with Crippen molar-refractivity contribution in [2.75, 3.05) is 14.1 Å². The van der Waals surface area contributed by atoms with Gasteiger partial charge in [-0.05, 0) is 63.1 Å². The van der Waals surface area contributed by atoms with Crippen LogP contribution in [0.2, 0.25) is 0 Å². The van der Waals surface area contributed by atoms with Crippen LogP contribution in [0, 0.1) is 20.4 Å². The van der Waals surface area contributed by atoms with Gasteiger partial charge in [0.2, 0.25) is 0 Å². The number of alkyl halides is 3. The number of nitrogens with zero attached hydrogens (tertiary/aromatic N) is 7. The second-order valence-electron chi connectivity index (χ2n) is 13.0. The molecule has 1 fully saturated rings. The molecule has 5 aromatic rings. The molecule has 0 bridgehead atoms. The van der Waals surface area contributed by atoms with E-state index in [2.05, 4.69) is 34.5 Å². The van der Waals surface area contributed by atoms with E-state index in [0.29, 0.717) is 47.0 Å². The molecule has 1 saturated carbocycles. The summed E-state index contributed by atoms with van der Waals surface area (Å²) in [5, 5.41) is 11.6. The average Bonchev–Trinajstić information content (AvgIpc) is 3.77. The number of aromatic nitrogens is 5. The zero-order chi connectivity index (χ0) is 35.1. The van der Waals surface area contributed by atoms with E-state index in [4.69, 9.17) is 11.1 Å². The molecule has 1 amide bonds. The predicted octanol–water partition coefficient (Wildman–Crippen LogP) is 6.81. The van der Waals surface area contributed by atoms with Gasteiger partial charge in [0, 0.05) is 24.9 Å². The van der Waals surface area contributed by atoms with Gasteiger partial charge in [-0.1, -0.05) is 23.4 Å². The Morgan fingerprint density at radius 1 is 1.04 bits per heavy atom. The minimum Gasteiger partial charge on any atom is -0.361 e. The van der Waals surface area contributed by atoms with Gasteiger partial charge in [-0.15, -0.1) is 0 Å². The molecule has 49 heavy (non-hydrogen) atoms. The maximum Gasteiger partial charge on any atom is 0.416 e. The third-order valence-electron chi connectivity index (χ3n) is 9.29. The lowest BCUT2D eigenvalue weighted by molar-refractivity contribution is -0.929. The summed E-state index contributed by atoms with van der Waals surface area (Å²) in [4.78, 5) is 31.7. The number of halogens is 3. The monoisotopic (exact) mass is 673 g/mol. The summed E-state index contributed by atoms with van der Waals surface area (Å²) >= 11 is 0. The Labute approximate surface area is 280 Å². The SMILES string of the molecule is [C-]#[N+]c1ccc(-n2nccc2-c2c(C)n(-c3cccc(C(F)(F)F)c3)c(=O)n2C(=O)NC2CCC([N+](C)(C)Cc3cc(C)on3)CC2)cc1. The van der Waals surface area contributed by atoms with Crippen LogP contribution in [0.15, 0.2) is 76.2 Å². The summed E-state index contributed by atoms with van der Waals surface area (Å²) in [6.07, 6.45) is -0.111. The fraction of sp³-hybridized carbons (Fsp3) is 0.343.